The number of nitrogens with one attached hydrogen (secondary N) is 1. The van der Waals surface area contributed by atoms with E-state index in [4.69, 9.17) is 18.9 Å². The molecule has 8 heteroatoms. The molecular weight excluding hydrogens is 393 g/mol. The van der Waals surface area contributed by atoms with Gasteiger partial charge in [0.15, 0.2) is 11.5 Å². The average Bonchev–Trinajstić information content (AvgIpc) is 2.77. The Labute approximate surface area is 173 Å². The van der Waals surface area contributed by atoms with Crippen molar-refractivity contribution in [3.05, 3.63) is 59.4 Å². The zero-order chi connectivity index (χ0) is 21.5. The molecule has 1 atom stereocenters. The van der Waals surface area contributed by atoms with E-state index in [1.54, 1.807) is 18.2 Å². The fourth-order valence-corrected chi connectivity index (χ4v) is 2.98. The Balaban J connectivity index is 1.75. The smallest absolute Gasteiger partial charge is 0.307 e. The minimum atomic E-state index is -0.662. The van der Waals surface area contributed by atoms with Gasteiger partial charge in [0.2, 0.25) is 11.7 Å². The van der Waals surface area contributed by atoms with E-state index in [-0.39, 0.29) is 6.42 Å². The molecule has 1 N–H and O–H groups in total. The van der Waals surface area contributed by atoms with Gasteiger partial charge in [-0.05, 0) is 41.5 Å². The van der Waals surface area contributed by atoms with Gasteiger partial charge in [0.25, 0.3) is 0 Å². The number of carbonyl (C=O) groups excluding carboxylic acids is 2. The van der Waals surface area contributed by atoms with Crippen molar-refractivity contribution in [1.29, 1.82) is 0 Å². The summed E-state index contributed by atoms with van der Waals surface area (Å²) in [4.78, 5) is 24.2. The maximum atomic E-state index is 13.2. The Morgan fingerprint density at radius 1 is 1.17 bits per heavy atom. The molecule has 30 heavy (non-hydrogen) atoms. The number of rotatable bonds is 7. The van der Waals surface area contributed by atoms with E-state index in [9.17, 15) is 14.0 Å². The maximum absolute atomic E-state index is 13.2. The molecule has 0 bridgehead atoms. The molecule has 1 amide bonds. The summed E-state index contributed by atoms with van der Waals surface area (Å²) in [5.74, 6) is 0.235. The fourth-order valence-electron chi connectivity index (χ4n) is 2.98. The SMILES string of the molecule is COC(=O)CC(NC(=O)/C=C/c1cc(OC)c2c(c1)OCCO2)c1ccc(F)cc1. The van der Waals surface area contributed by atoms with Crippen molar-refractivity contribution in [2.75, 3.05) is 27.4 Å². The van der Waals surface area contributed by atoms with Crippen molar-refractivity contribution in [2.24, 2.45) is 0 Å². The monoisotopic (exact) mass is 415 g/mol. The van der Waals surface area contributed by atoms with Crippen molar-refractivity contribution in [3.63, 3.8) is 0 Å². The Kier molecular flexibility index (Phi) is 6.90. The van der Waals surface area contributed by atoms with Gasteiger partial charge < -0.3 is 24.3 Å². The van der Waals surface area contributed by atoms with Crippen LogP contribution in [-0.2, 0) is 14.3 Å². The molecule has 2 aromatic rings. The molecule has 158 valence electrons. The second-order valence-electron chi connectivity index (χ2n) is 6.47. The van der Waals surface area contributed by atoms with E-state index in [2.05, 4.69) is 5.32 Å². The molecule has 2 aromatic carbocycles. The van der Waals surface area contributed by atoms with E-state index in [1.165, 1.54) is 44.6 Å². The number of halogens is 1. The van der Waals surface area contributed by atoms with Crippen LogP contribution in [0, 0.1) is 5.82 Å². The highest BCUT2D eigenvalue weighted by Crippen LogP contribution is 2.40. The number of methoxy groups -OCH3 is 2. The van der Waals surface area contributed by atoms with E-state index in [1.807, 2.05) is 0 Å². The van der Waals surface area contributed by atoms with E-state index >= 15 is 0 Å². The number of carbonyl (C=O) groups is 2. The zero-order valence-electron chi connectivity index (χ0n) is 16.6. The number of fused-ring (bicyclic) bond motifs is 1. The lowest BCUT2D eigenvalue weighted by molar-refractivity contribution is -0.141. The molecule has 0 saturated carbocycles. The molecule has 0 aliphatic carbocycles. The van der Waals surface area contributed by atoms with Crippen LogP contribution in [0.4, 0.5) is 4.39 Å². The summed E-state index contributed by atoms with van der Waals surface area (Å²) in [6.07, 6.45) is 2.84. The minimum absolute atomic E-state index is 0.0838. The van der Waals surface area contributed by atoms with Crippen LogP contribution in [0.3, 0.4) is 0 Å². The molecule has 1 heterocycles. The van der Waals surface area contributed by atoms with Gasteiger partial charge in [-0.15, -0.1) is 0 Å². The van der Waals surface area contributed by atoms with Crippen LogP contribution in [0.15, 0.2) is 42.5 Å². The quantitative estimate of drug-likeness (QED) is 0.553. The van der Waals surface area contributed by atoms with Crippen LogP contribution in [0.2, 0.25) is 0 Å². The second kappa shape index (κ2) is 9.78. The summed E-state index contributed by atoms with van der Waals surface area (Å²) in [6.45, 7) is 0.864. The summed E-state index contributed by atoms with van der Waals surface area (Å²) < 4.78 is 34.4. The molecule has 7 nitrogen and oxygen atoms in total. The molecule has 0 aromatic heterocycles. The molecule has 1 aliphatic rings. The van der Waals surface area contributed by atoms with Crippen LogP contribution < -0.4 is 19.5 Å². The third-order valence-corrected chi connectivity index (χ3v) is 4.46. The van der Waals surface area contributed by atoms with Gasteiger partial charge in [0.05, 0.1) is 26.7 Å². The van der Waals surface area contributed by atoms with Crippen LogP contribution in [0.5, 0.6) is 17.2 Å². The van der Waals surface area contributed by atoms with Crippen LogP contribution >= 0.6 is 0 Å². The predicted molar refractivity (Wildman–Crippen MR) is 107 cm³/mol. The highest BCUT2D eigenvalue weighted by molar-refractivity contribution is 5.92. The van der Waals surface area contributed by atoms with Crippen molar-refractivity contribution < 1.29 is 32.9 Å². The fraction of sp³-hybridized carbons (Fsp3) is 0.273. The number of amides is 1. The van der Waals surface area contributed by atoms with Gasteiger partial charge in [0.1, 0.15) is 19.0 Å². The summed E-state index contributed by atoms with van der Waals surface area (Å²) in [7, 11) is 2.79. The van der Waals surface area contributed by atoms with Gasteiger partial charge in [-0.25, -0.2) is 4.39 Å². The summed E-state index contributed by atoms with van der Waals surface area (Å²) in [5.41, 5.74) is 1.27. The number of hydrogen-bond acceptors (Lipinski definition) is 6. The normalized spacial score (nSPS) is 13.6. The van der Waals surface area contributed by atoms with Gasteiger partial charge in [0, 0.05) is 6.08 Å². The minimum Gasteiger partial charge on any atom is -0.493 e. The third kappa shape index (κ3) is 5.28. The molecule has 0 radical (unpaired) electrons. The topological polar surface area (TPSA) is 83.1 Å². The van der Waals surface area contributed by atoms with Gasteiger partial charge in [-0.1, -0.05) is 12.1 Å². The molecule has 1 unspecified atom stereocenters. The first kappa shape index (κ1) is 21.2. The lowest BCUT2D eigenvalue weighted by atomic mass is 10.0. The Bertz CT molecular complexity index is 924. The first-order valence-corrected chi connectivity index (χ1v) is 9.28. The summed E-state index contributed by atoms with van der Waals surface area (Å²) in [6, 6.07) is 8.37. The molecule has 0 fully saturated rings. The lowest BCUT2D eigenvalue weighted by Gasteiger charge is -2.21. The zero-order valence-corrected chi connectivity index (χ0v) is 16.6. The van der Waals surface area contributed by atoms with Crippen molar-refractivity contribution in [2.45, 2.75) is 12.5 Å². The van der Waals surface area contributed by atoms with Crippen LogP contribution in [-0.4, -0.2) is 39.3 Å². The van der Waals surface area contributed by atoms with Gasteiger partial charge in [-0.2, -0.15) is 0 Å². The second-order valence-corrected chi connectivity index (χ2v) is 6.47. The van der Waals surface area contributed by atoms with Crippen molar-refractivity contribution in [1.82, 2.24) is 5.32 Å². The first-order valence-electron chi connectivity index (χ1n) is 9.28. The van der Waals surface area contributed by atoms with E-state index in [0.29, 0.717) is 41.6 Å². The van der Waals surface area contributed by atoms with Crippen LogP contribution in [0.25, 0.3) is 6.08 Å². The number of esters is 1. The Hall–Kier alpha value is -3.55. The number of benzene rings is 2. The van der Waals surface area contributed by atoms with Gasteiger partial charge >= 0.3 is 5.97 Å². The largest absolute Gasteiger partial charge is 0.493 e. The Morgan fingerprint density at radius 3 is 2.60 bits per heavy atom. The standard InChI is InChI=1S/C22H22FNO6/c1-27-18-11-14(12-19-22(18)30-10-9-29-19)3-8-20(25)24-17(13-21(26)28-2)15-4-6-16(23)7-5-15/h3-8,11-12,17H,9-10,13H2,1-2H3,(H,24,25)/b8-3+. The summed E-state index contributed by atoms with van der Waals surface area (Å²) in [5, 5.41) is 2.74. The first-order chi connectivity index (χ1) is 14.5. The van der Waals surface area contributed by atoms with E-state index < -0.39 is 23.7 Å². The van der Waals surface area contributed by atoms with Crippen LogP contribution in [0.1, 0.15) is 23.6 Å². The Morgan fingerprint density at radius 2 is 1.90 bits per heavy atom. The third-order valence-electron chi connectivity index (χ3n) is 4.46. The predicted octanol–water partition coefficient (Wildman–Crippen LogP) is 3.04. The molecule has 0 spiro atoms. The molecular formula is C22H22FNO6. The van der Waals surface area contributed by atoms with Crippen molar-refractivity contribution in [3.8, 4) is 17.2 Å². The summed E-state index contributed by atoms with van der Waals surface area (Å²) >= 11 is 0. The van der Waals surface area contributed by atoms with Crippen molar-refractivity contribution >= 4 is 18.0 Å². The maximum Gasteiger partial charge on any atom is 0.307 e. The lowest BCUT2D eigenvalue weighted by Crippen LogP contribution is -2.29. The molecule has 1 aliphatic heterocycles. The average molecular weight is 415 g/mol. The van der Waals surface area contributed by atoms with Gasteiger partial charge in [-0.3, -0.25) is 9.59 Å². The highest BCUT2D eigenvalue weighted by Gasteiger charge is 2.19. The molecule has 3 rings (SSSR count). The highest BCUT2D eigenvalue weighted by atomic mass is 19.1. The van der Waals surface area contributed by atoms with E-state index in [0.717, 1.165) is 0 Å². The number of hydrogen-bond donors (Lipinski definition) is 1. The number of ether oxygens (including phenoxy) is 4. The molecule has 0 saturated heterocycles.